The zero-order valence-electron chi connectivity index (χ0n) is 28.6. The molecule has 0 saturated heterocycles. The van der Waals surface area contributed by atoms with Crippen LogP contribution < -0.4 is 5.32 Å². The molecule has 5 unspecified atom stereocenters. The molecule has 2 heterocycles. The fourth-order valence-electron chi connectivity index (χ4n) is 8.42. The van der Waals surface area contributed by atoms with Crippen molar-refractivity contribution in [2.24, 2.45) is 27.7 Å². The van der Waals surface area contributed by atoms with Gasteiger partial charge in [-0.25, -0.2) is 9.98 Å². The molecule has 248 valence electrons. The summed E-state index contributed by atoms with van der Waals surface area (Å²) in [7, 11) is 0. The largest absolute Gasteiger partial charge is 0.486 e. The lowest BCUT2D eigenvalue weighted by molar-refractivity contribution is 0.185. The Bertz CT molecular complexity index is 2150. The molecule has 0 spiro atoms. The summed E-state index contributed by atoms with van der Waals surface area (Å²) in [5, 5.41) is 6.37. The van der Waals surface area contributed by atoms with Crippen molar-refractivity contribution in [3.05, 3.63) is 178 Å². The summed E-state index contributed by atoms with van der Waals surface area (Å²) in [6.07, 6.45) is 40.1. The highest BCUT2D eigenvalue weighted by atomic mass is 16.5. The van der Waals surface area contributed by atoms with Gasteiger partial charge in [-0.1, -0.05) is 133 Å². The number of allylic oxidation sites excluding steroid dienone is 14. The number of ether oxygens (including phenoxy) is 1. The minimum Gasteiger partial charge on any atom is -0.486 e. The van der Waals surface area contributed by atoms with Gasteiger partial charge in [0.15, 0.2) is 5.84 Å². The summed E-state index contributed by atoms with van der Waals surface area (Å²) in [4.78, 5) is 10.8. The molecule has 50 heavy (non-hydrogen) atoms. The molecule has 2 bridgehead atoms. The number of nitrogens with zero attached hydrogens (tertiary/aromatic N) is 2. The van der Waals surface area contributed by atoms with E-state index in [2.05, 4.69) is 146 Å². The molecular weight excluding hydrogens is 611 g/mol. The van der Waals surface area contributed by atoms with E-state index in [-0.39, 0.29) is 12.3 Å². The van der Waals surface area contributed by atoms with E-state index in [9.17, 15) is 0 Å². The van der Waals surface area contributed by atoms with Crippen LogP contribution in [-0.4, -0.2) is 23.9 Å². The Morgan fingerprint density at radius 3 is 2.70 bits per heavy atom. The Morgan fingerprint density at radius 2 is 1.76 bits per heavy atom. The molecule has 2 aliphatic heterocycles. The first-order valence-electron chi connectivity index (χ1n) is 18.4. The van der Waals surface area contributed by atoms with Gasteiger partial charge in [-0.05, 0) is 79.0 Å². The maximum absolute atomic E-state index is 6.51. The average molecular weight is 654 g/mol. The standard InChI is InChI=1S/C46H43N3O/c1-30-43(38-16-8-9-17-41(29-38)50-30)42(25-19-31-18-20-32-10-2-5-13-35(32)26-31)46-48-44(39-23-21-33-11-3-6-14-36(33)27-39)47-45(49-46)40-24-22-34-12-4-7-15-37(34)28-40/h2-3,5-6,8-11,13-14,16-18,20-21,23-29,33-34,36,41,46H,4,7,12,15,19,22H2,1H3,(H,47,48,49)/b42-25+. The Balaban J connectivity index is 1.15. The van der Waals surface area contributed by atoms with Crippen molar-refractivity contribution in [2.45, 2.75) is 57.7 Å². The lowest BCUT2D eigenvalue weighted by Gasteiger charge is -2.33. The second kappa shape index (κ2) is 13.2. The fourth-order valence-corrected chi connectivity index (χ4v) is 8.42. The SMILES string of the molecule is CC1=C(/C(=C\Cc2ccc3ccccc3c2)C2N=C(C3=CC4C=CC=CC4C=C3)N=C(C3=CCC4CCCCC4=C3)N2)C2=CC(C=CC=C2)O1. The van der Waals surface area contributed by atoms with E-state index in [1.807, 2.05) is 0 Å². The Kier molecular flexibility index (Phi) is 8.16. The minimum atomic E-state index is -0.356. The van der Waals surface area contributed by atoms with E-state index in [1.54, 1.807) is 5.57 Å². The van der Waals surface area contributed by atoms with Crippen LogP contribution in [0.1, 0.15) is 44.6 Å². The monoisotopic (exact) mass is 653 g/mol. The lowest BCUT2D eigenvalue weighted by Crippen LogP contribution is -2.41. The second-order valence-corrected chi connectivity index (χ2v) is 14.3. The van der Waals surface area contributed by atoms with Crippen molar-refractivity contribution in [1.29, 1.82) is 0 Å². The summed E-state index contributed by atoms with van der Waals surface area (Å²) in [6, 6.07) is 15.4. The number of benzene rings is 2. The summed E-state index contributed by atoms with van der Waals surface area (Å²) in [5.74, 6) is 3.96. The zero-order chi connectivity index (χ0) is 33.4. The molecule has 2 aromatic rings. The van der Waals surface area contributed by atoms with Gasteiger partial charge < -0.3 is 10.1 Å². The molecule has 0 amide bonds. The molecule has 9 rings (SSSR count). The van der Waals surface area contributed by atoms with Crippen molar-refractivity contribution in [1.82, 2.24) is 5.32 Å². The summed E-state index contributed by atoms with van der Waals surface area (Å²) >= 11 is 0. The minimum absolute atomic E-state index is 0.0773. The van der Waals surface area contributed by atoms with Gasteiger partial charge in [0, 0.05) is 34.1 Å². The molecule has 7 aliphatic rings. The molecule has 5 aliphatic carbocycles. The van der Waals surface area contributed by atoms with Gasteiger partial charge in [0.1, 0.15) is 23.9 Å². The Labute approximate surface area is 295 Å². The van der Waals surface area contributed by atoms with Crippen LogP contribution in [0.3, 0.4) is 0 Å². The third-order valence-corrected chi connectivity index (χ3v) is 11.1. The summed E-state index contributed by atoms with van der Waals surface area (Å²) < 4.78 is 6.51. The zero-order valence-corrected chi connectivity index (χ0v) is 28.6. The van der Waals surface area contributed by atoms with Crippen molar-refractivity contribution in [3.8, 4) is 0 Å². The normalized spacial score (nSPS) is 28.3. The number of aliphatic imine (C=N–C) groups is 2. The third kappa shape index (κ3) is 6.08. The van der Waals surface area contributed by atoms with Gasteiger partial charge in [-0.3, -0.25) is 0 Å². The molecule has 4 nitrogen and oxygen atoms in total. The van der Waals surface area contributed by atoms with Crippen molar-refractivity contribution < 1.29 is 4.74 Å². The van der Waals surface area contributed by atoms with Gasteiger partial charge in [-0.15, -0.1) is 0 Å². The first kappa shape index (κ1) is 30.8. The van der Waals surface area contributed by atoms with Crippen LogP contribution in [0.5, 0.6) is 0 Å². The fraction of sp³-hybridized carbons (Fsp3) is 0.261. The van der Waals surface area contributed by atoms with Crippen LogP contribution in [0.15, 0.2) is 183 Å². The topological polar surface area (TPSA) is 46.0 Å². The van der Waals surface area contributed by atoms with Crippen LogP contribution in [0.2, 0.25) is 0 Å². The molecule has 1 N–H and O–H groups in total. The molecule has 2 aromatic carbocycles. The number of hydrogen-bond acceptors (Lipinski definition) is 4. The number of fused-ring (bicyclic) bond motifs is 4. The van der Waals surface area contributed by atoms with Crippen molar-refractivity contribution in [2.75, 3.05) is 0 Å². The van der Waals surface area contributed by atoms with Gasteiger partial charge in [-0.2, -0.15) is 0 Å². The van der Waals surface area contributed by atoms with Crippen molar-refractivity contribution >= 4 is 22.4 Å². The quantitative estimate of drug-likeness (QED) is 0.337. The highest BCUT2D eigenvalue weighted by Gasteiger charge is 2.32. The average Bonchev–Trinajstić information content (AvgIpc) is 3.36. The molecular formula is C46H43N3O. The van der Waals surface area contributed by atoms with E-state index in [0.29, 0.717) is 17.8 Å². The van der Waals surface area contributed by atoms with E-state index in [0.717, 1.165) is 47.0 Å². The van der Waals surface area contributed by atoms with Gasteiger partial charge in [0.05, 0.1) is 0 Å². The predicted molar refractivity (Wildman–Crippen MR) is 207 cm³/mol. The van der Waals surface area contributed by atoms with Crippen LogP contribution in [-0.2, 0) is 11.2 Å². The van der Waals surface area contributed by atoms with Gasteiger partial charge in [0.25, 0.3) is 0 Å². The molecule has 5 atom stereocenters. The second-order valence-electron chi connectivity index (χ2n) is 14.3. The van der Waals surface area contributed by atoms with Gasteiger partial charge >= 0.3 is 0 Å². The van der Waals surface area contributed by atoms with Crippen LogP contribution in [0, 0.1) is 17.8 Å². The van der Waals surface area contributed by atoms with Crippen molar-refractivity contribution in [3.63, 3.8) is 0 Å². The maximum atomic E-state index is 6.51. The summed E-state index contributed by atoms with van der Waals surface area (Å²) in [6.45, 7) is 2.10. The number of nitrogens with one attached hydrogen (secondary N) is 1. The molecule has 1 fully saturated rings. The highest BCUT2D eigenvalue weighted by Crippen LogP contribution is 2.39. The maximum Gasteiger partial charge on any atom is 0.159 e. The number of rotatable bonds is 6. The van der Waals surface area contributed by atoms with Crippen LogP contribution in [0.4, 0.5) is 0 Å². The lowest BCUT2D eigenvalue weighted by atomic mass is 9.78. The van der Waals surface area contributed by atoms with E-state index in [1.165, 1.54) is 53.2 Å². The predicted octanol–water partition coefficient (Wildman–Crippen LogP) is 10.1. The molecule has 0 aromatic heterocycles. The Morgan fingerprint density at radius 1 is 0.880 bits per heavy atom. The molecule has 1 saturated carbocycles. The first-order valence-corrected chi connectivity index (χ1v) is 18.4. The van der Waals surface area contributed by atoms with Crippen LogP contribution >= 0.6 is 0 Å². The van der Waals surface area contributed by atoms with Crippen LogP contribution in [0.25, 0.3) is 10.8 Å². The highest BCUT2D eigenvalue weighted by molar-refractivity contribution is 6.15. The van der Waals surface area contributed by atoms with Gasteiger partial charge in [0.2, 0.25) is 0 Å². The third-order valence-electron chi connectivity index (χ3n) is 11.1. The molecule has 4 heteroatoms. The number of hydrogen-bond donors (Lipinski definition) is 1. The van der Waals surface area contributed by atoms with E-state index < -0.39 is 0 Å². The number of amidine groups is 2. The first-order chi connectivity index (χ1) is 24.6. The smallest absolute Gasteiger partial charge is 0.159 e. The molecule has 0 radical (unpaired) electrons. The van der Waals surface area contributed by atoms with E-state index in [4.69, 9.17) is 14.7 Å². The Hall–Kier alpha value is -5.22. The summed E-state index contributed by atoms with van der Waals surface area (Å²) in [5.41, 5.74) is 8.48. The van der Waals surface area contributed by atoms with E-state index >= 15 is 0 Å².